The number of aromatic amines is 1. The summed E-state index contributed by atoms with van der Waals surface area (Å²) in [6, 6.07) is 9.37. The first-order valence-electron chi connectivity index (χ1n) is 22.4. The van der Waals surface area contributed by atoms with Gasteiger partial charge in [-0.25, -0.2) is 4.98 Å². The number of rotatable bonds is 20. The lowest BCUT2D eigenvalue weighted by Gasteiger charge is -2.33. The van der Waals surface area contributed by atoms with Crippen LogP contribution in [0.2, 0.25) is 0 Å². The van der Waals surface area contributed by atoms with Gasteiger partial charge in [-0.3, -0.25) is 0 Å². The average Bonchev–Trinajstić information content (AvgIpc) is 4.06. The third kappa shape index (κ3) is 9.63. The van der Waals surface area contributed by atoms with Gasteiger partial charge in [0.1, 0.15) is 22.4 Å². The number of hydrogen-bond donors (Lipinski definition) is 1. The number of anilines is 2. The van der Waals surface area contributed by atoms with Crippen molar-refractivity contribution in [3.05, 3.63) is 30.1 Å². The SMILES string of the molecule is CCCCC(CC)CCC1CCN(c2ccc(-c3c4nsnc4c(-c4ccc(N5CCC(CCC(CC)CCCC)CC5)s4)c4[nH]c(CCC)nc34)s2)CC1. The fourth-order valence-electron chi connectivity index (χ4n) is 9.54. The summed E-state index contributed by atoms with van der Waals surface area (Å²) in [5.41, 5.74) is 6.53. The lowest BCUT2D eigenvalue weighted by atomic mass is 9.86. The zero-order valence-corrected chi connectivity index (χ0v) is 37.1. The molecule has 0 spiro atoms. The monoisotopic (exact) mass is 800 g/mol. The van der Waals surface area contributed by atoms with E-state index in [1.807, 2.05) is 22.7 Å². The minimum absolute atomic E-state index is 0.878. The maximum absolute atomic E-state index is 5.31. The molecule has 2 fully saturated rings. The summed E-state index contributed by atoms with van der Waals surface area (Å²) in [5, 5.41) is 2.77. The van der Waals surface area contributed by atoms with Gasteiger partial charge in [0.15, 0.2) is 0 Å². The number of piperidine rings is 2. The molecule has 1 N–H and O–H groups in total. The van der Waals surface area contributed by atoms with Gasteiger partial charge >= 0.3 is 0 Å². The summed E-state index contributed by atoms with van der Waals surface area (Å²) >= 11 is 5.18. The zero-order valence-electron chi connectivity index (χ0n) is 34.6. The Bertz CT molecular complexity index is 1770. The minimum atomic E-state index is 0.878. The van der Waals surface area contributed by atoms with E-state index in [-0.39, 0.29) is 0 Å². The highest BCUT2D eigenvalue weighted by atomic mass is 32.1. The van der Waals surface area contributed by atoms with Gasteiger partial charge in [0.2, 0.25) is 0 Å². The molecule has 0 aliphatic carbocycles. The Morgan fingerprint density at radius 3 is 1.64 bits per heavy atom. The van der Waals surface area contributed by atoms with E-state index in [2.05, 4.69) is 73.7 Å². The Morgan fingerprint density at radius 2 is 1.15 bits per heavy atom. The van der Waals surface area contributed by atoms with Crippen LogP contribution in [0.4, 0.5) is 10.0 Å². The van der Waals surface area contributed by atoms with Crippen molar-refractivity contribution in [2.45, 2.75) is 150 Å². The predicted molar refractivity (Wildman–Crippen MR) is 243 cm³/mol. The normalized spacial score (nSPS) is 17.3. The van der Waals surface area contributed by atoms with Crippen molar-refractivity contribution in [2.75, 3.05) is 36.0 Å². The van der Waals surface area contributed by atoms with Crippen LogP contribution < -0.4 is 9.80 Å². The molecular formula is C46H68N6S3. The number of nitrogens with one attached hydrogen (secondary N) is 1. The second-order valence-corrected chi connectivity index (χ2v) is 19.6. The quantitative estimate of drug-likeness (QED) is 0.0849. The Balaban J connectivity index is 1.07. The van der Waals surface area contributed by atoms with Crippen molar-refractivity contribution < 1.29 is 0 Å². The third-order valence-electron chi connectivity index (χ3n) is 13.3. The van der Waals surface area contributed by atoms with Gasteiger partial charge in [0.25, 0.3) is 0 Å². The molecule has 6 nitrogen and oxygen atoms in total. The Kier molecular flexibility index (Phi) is 14.6. The molecule has 2 aliphatic rings. The zero-order chi connectivity index (χ0) is 38.1. The Morgan fingerprint density at radius 1 is 0.636 bits per heavy atom. The molecule has 9 heteroatoms. The summed E-state index contributed by atoms with van der Waals surface area (Å²) in [6.07, 6.45) is 23.9. The highest BCUT2D eigenvalue weighted by Crippen LogP contribution is 2.48. The van der Waals surface area contributed by atoms with Gasteiger partial charge in [-0.15, -0.1) is 22.7 Å². The molecule has 2 saturated heterocycles. The lowest BCUT2D eigenvalue weighted by Crippen LogP contribution is -2.33. The van der Waals surface area contributed by atoms with Crippen LogP contribution >= 0.6 is 34.4 Å². The van der Waals surface area contributed by atoms with E-state index < -0.39 is 0 Å². The van der Waals surface area contributed by atoms with E-state index in [9.17, 15) is 0 Å². The summed E-state index contributed by atoms with van der Waals surface area (Å²) in [7, 11) is 0. The van der Waals surface area contributed by atoms with E-state index in [0.29, 0.717) is 0 Å². The van der Waals surface area contributed by atoms with Crippen LogP contribution in [0.1, 0.15) is 150 Å². The fourth-order valence-corrected chi connectivity index (χ4v) is 12.3. The number of imidazole rings is 1. The minimum Gasteiger partial charge on any atom is -0.363 e. The van der Waals surface area contributed by atoms with Crippen LogP contribution in [0.5, 0.6) is 0 Å². The van der Waals surface area contributed by atoms with E-state index >= 15 is 0 Å². The molecule has 6 heterocycles. The van der Waals surface area contributed by atoms with E-state index in [0.717, 1.165) is 83.1 Å². The molecule has 2 aliphatic heterocycles. The van der Waals surface area contributed by atoms with Gasteiger partial charge in [0.05, 0.1) is 27.2 Å². The molecule has 4 aromatic heterocycles. The first-order chi connectivity index (χ1) is 27.0. The summed E-state index contributed by atoms with van der Waals surface area (Å²) in [6.45, 7) is 16.3. The number of hydrogen-bond acceptors (Lipinski definition) is 8. The molecule has 2 atom stereocenters. The number of H-pyrrole nitrogens is 1. The molecule has 7 rings (SSSR count). The number of nitrogens with zero attached hydrogens (tertiary/aromatic N) is 5. The van der Waals surface area contributed by atoms with Crippen molar-refractivity contribution in [3.63, 3.8) is 0 Å². The number of aromatic nitrogens is 4. The fraction of sp³-hybridized carbons (Fsp3) is 0.674. The molecule has 0 saturated carbocycles. The maximum atomic E-state index is 5.31. The molecule has 55 heavy (non-hydrogen) atoms. The van der Waals surface area contributed by atoms with E-state index in [4.69, 9.17) is 13.7 Å². The number of fused-ring (bicyclic) bond motifs is 2. The van der Waals surface area contributed by atoms with Gasteiger partial charge < -0.3 is 14.8 Å². The maximum Gasteiger partial charge on any atom is 0.116 e. The Labute approximate surface area is 344 Å². The highest BCUT2D eigenvalue weighted by Gasteiger charge is 2.28. The van der Waals surface area contributed by atoms with Gasteiger partial charge in [-0.05, 0) is 80.0 Å². The van der Waals surface area contributed by atoms with Crippen LogP contribution in [0.15, 0.2) is 24.3 Å². The van der Waals surface area contributed by atoms with Crippen LogP contribution in [0.3, 0.4) is 0 Å². The van der Waals surface area contributed by atoms with Gasteiger partial charge in [-0.1, -0.05) is 112 Å². The number of thiophene rings is 2. The smallest absolute Gasteiger partial charge is 0.116 e. The molecule has 0 amide bonds. The lowest BCUT2D eigenvalue weighted by molar-refractivity contribution is 0.321. The highest BCUT2D eigenvalue weighted by molar-refractivity contribution is 7.20. The molecule has 5 aromatic rings. The molecule has 0 radical (unpaired) electrons. The first kappa shape index (κ1) is 40.7. The van der Waals surface area contributed by atoms with Gasteiger partial charge in [-0.2, -0.15) is 8.75 Å². The second kappa shape index (κ2) is 19.8. The molecule has 1 aromatic carbocycles. The Hall–Kier alpha value is -2.49. The summed E-state index contributed by atoms with van der Waals surface area (Å²) < 4.78 is 10.0. The van der Waals surface area contributed by atoms with Crippen molar-refractivity contribution in [2.24, 2.45) is 23.7 Å². The van der Waals surface area contributed by atoms with Crippen molar-refractivity contribution in [1.82, 2.24) is 18.7 Å². The van der Waals surface area contributed by atoms with Crippen molar-refractivity contribution >= 4 is 66.5 Å². The van der Waals surface area contributed by atoms with Crippen LogP contribution in [0, 0.1) is 23.7 Å². The van der Waals surface area contributed by atoms with Crippen LogP contribution in [-0.4, -0.2) is 44.9 Å². The summed E-state index contributed by atoms with van der Waals surface area (Å²) in [5.74, 6) is 4.67. The molecule has 300 valence electrons. The van der Waals surface area contributed by atoms with Crippen molar-refractivity contribution in [3.8, 4) is 20.9 Å². The number of aryl methyl sites for hydroxylation is 1. The first-order valence-corrected chi connectivity index (χ1v) is 24.8. The molecule has 2 unspecified atom stereocenters. The topological polar surface area (TPSA) is 60.9 Å². The van der Waals surface area contributed by atoms with Gasteiger partial charge in [0, 0.05) is 53.5 Å². The van der Waals surface area contributed by atoms with Crippen molar-refractivity contribution in [1.29, 1.82) is 0 Å². The van der Waals surface area contributed by atoms with Crippen LogP contribution in [-0.2, 0) is 6.42 Å². The molecule has 0 bridgehead atoms. The number of benzene rings is 1. The molecular weight excluding hydrogens is 733 g/mol. The van der Waals surface area contributed by atoms with Crippen LogP contribution in [0.25, 0.3) is 42.9 Å². The second-order valence-electron chi connectivity index (χ2n) is 17.0. The largest absolute Gasteiger partial charge is 0.363 e. The standard InChI is InChI=1S/C46H68N6S3/c1-6-11-14-32(9-4)16-18-34-24-28-51(29-25-34)39-22-20-36(53-39)41-43-44(48-38(47-43)13-8-3)42(46-45(41)49-55-50-46)37-21-23-40(54-37)52-30-26-35(27-31-52)19-17-33(10-5)15-12-7-2/h20-23,32-35H,6-19,24-31H2,1-5H3,(H,47,48). The summed E-state index contributed by atoms with van der Waals surface area (Å²) in [4.78, 5) is 16.9. The predicted octanol–water partition coefficient (Wildman–Crippen LogP) is 14.4. The van der Waals surface area contributed by atoms with E-state index in [1.165, 1.54) is 153 Å². The average molecular weight is 801 g/mol. The van der Waals surface area contributed by atoms with E-state index in [1.54, 1.807) is 0 Å². The third-order valence-corrected chi connectivity index (χ3v) is 16.1. The number of unbranched alkanes of at least 4 members (excludes halogenated alkanes) is 2.